The molecule has 0 spiro atoms. The van der Waals surface area contributed by atoms with Crippen LogP contribution < -0.4 is 10.6 Å². The number of nitrogen functional groups attached to an aromatic ring is 1. The third-order valence-corrected chi connectivity index (χ3v) is 6.02. The molecular weight excluding hydrogens is 282 g/mol. The lowest BCUT2D eigenvalue weighted by atomic mass is 10.0. The van der Waals surface area contributed by atoms with E-state index in [2.05, 4.69) is 17.9 Å². The topological polar surface area (TPSA) is 49.6 Å². The molecule has 0 aliphatic carbocycles. The summed E-state index contributed by atoms with van der Waals surface area (Å²) in [5.74, 6) is 1.44. The fourth-order valence-electron chi connectivity index (χ4n) is 3.21. The molecule has 2 saturated heterocycles. The molecule has 3 rings (SSSR count). The zero-order valence-corrected chi connectivity index (χ0v) is 13.4. The van der Waals surface area contributed by atoms with Crippen molar-refractivity contribution in [3.8, 4) is 0 Å². The van der Waals surface area contributed by atoms with E-state index >= 15 is 0 Å². The minimum Gasteiger partial charge on any atom is -0.397 e. The first-order valence-electron chi connectivity index (χ1n) is 7.63. The van der Waals surface area contributed by atoms with Crippen LogP contribution in [-0.4, -0.2) is 47.5 Å². The summed E-state index contributed by atoms with van der Waals surface area (Å²) in [6.07, 6.45) is 2.18. The van der Waals surface area contributed by atoms with Crippen molar-refractivity contribution in [1.29, 1.82) is 0 Å². The maximum atomic E-state index is 12.7. The van der Waals surface area contributed by atoms with Gasteiger partial charge in [0, 0.05) is 26.2 Å². The Morgan fingerprint density at radius 3 is 2.57 bits per heavy atom. The molecule has 1 aromatic rings. The Kier molecular flexibility index (Phi) is 4.02. The Hall–Kier alpha value is -1.36. The molecule has 0 radical (unpaired) electrons. The van der Waals surface area contributed by atoms with E-state index < -0.39 is 0 Å². The Morgan fingerprint density at radius 2 is 1.95 bits per heavy atom. The molecule has 2 fully saturated rings. The van der Waals surface area contributed by atoms with Gasteiger partial charge in [-0.25, -0.2) is 0 Å². The van der Waals surface area contributed by atoms with Crippen LogP contribution in [0.2, 0.25) is 0 Å². The molecule has 1 amide bonds. The number of carbonyl (C=O) groups excluding carboxylic acids is 1. The summed E-state index contributed by atoms with van der Waals surface area (Å²) in [4.78, 5) is 17.0. The highest BCUT2D eigenvalue weighted by atomic mass is 32.2. The lowest BCUT2D eigenvalue weighted by molar-refractivity contribution is -0.133. The molecule has 2 heterocycles. The van der Waals surface area contributed by atoms with Crippen molar-refractivity contribution >= 4 is 29.0 Å². The maximum absolute atomic E-state index is 12.7. The van der Waals surface area contributed by atoms with Crippen LogP contribution in [0, 0.1) is 0 Å². The van der Waals surface area contributed by atoms with Crippen molar-refractivity contribution in [2.45, 2.75) is 24.5 Å². The number of anilines is 2. The normalized spacial score (nSPS) is 26.1. The van der Waals surface area contributed by atoms with E-state index in [0.717, 1.165) is 56.1 Å². The number of rotatable bonds is 2. The number of hydrogen-bond acceptors (Lipinski definition) is 4. The first-order valence-corrected chi connectivity index (χ1v) is 8.61. The van der Waals surface area contributed by atoms with E-state index in [4.69, 9.17) is 5.73 Å². The van der Waals surface area contributed by atoms with Gasteiger partial charge in [0.15, 0.2) is 0 Å². The Morgan fingerprint density at radius 1 is 1.24 bits per heavy atom. The quantitative estimate of drug-likeness (QED) is 0.851. The highest BCUT2D eigenvalue weighted by molar-refractivity contribution is 8.01. The summed E-state index contributed by atoms with van der Waals surface area (Å²) >= 11 is 1.82. The zero-order valence-electron chi connectivity index (χ0n) is 12.5. The fourth-order valence-corrected chi connectivity index (χ4v) is 4.49. The number of thioether (sulfide) groups is 1. The Balaban J connectivity index is 1.63. The number of para-hydroxylation sites is 2. The number of nitrogens with two attached hydrogens (primary N) is 1. The van der Waals surface area contributed by atoms with E-state index in [1.807, 2.05) is 34.9 Å². The van der Waals surface area contributed by atoms with E-state index in [0.29, 0.717) is 5.91 Å². The van der Waals surface area contributed by atoms with E-state index in [1.165, 1.54) is 0 Å². The van der Waals surface area contributed by atoms with Gasteiger partial charge in [-0.1, -0.05) is 12.1 Å². The van der Waals surface area contributed by atoms with Gasteiger partial charge in [-0.2, -0.15) is 0 Å². The van der Waals surface area contributed by atoms with Gasteiger partial charge < -0.3 is 15.5 Å². The molecule has 2 aliphatic heterocycles. The van der Waals surface area contributed by atoms with Gasteiger partial charge in [0.25, 0.3) is 0 Å². The summed E-state index contributed by atoms with van der Waals surface area (Å²) in [6.45, 7) is 5.42. The van der Waals surface area contributed by atoms with Gasteiger partial charge >= 0.3 is 0 Å². The summed E-state index contributed by atoms with van der Waals surface area (Å²) in [5, 5.41) is 0. The van der Waals surface area contributed by atoms with Gasteiger partial charge in [0.05, 0.1) is 16.1 Å². The summed E-state index contributed by atoms with van der Waals surface area (Å²) < 4.78 is -0.187. The largest absolute Gasteiger partial charge is 0.397 e. The predicted molar refractivity (Wildman–Crippen MR) is 89.7 cm³/mol. The molecule has 4 nitrogen and oxygen atoms in total. The maximum Gasteiger partial charge on any atom is 0.238 e. The van der Waals surface area contributed by atoms with Crippen LogP contribution in [0.4, 0.5) is 11.4 Å². The highest BCUT2D eigenvalue weighted by Crippen LogP contribution is 2.39. The van der Waals surface area contributed by atoms with Crippen molar-refractivity contribution in [3.05, 3.63) is 24.3 Å². The van der Waals surface area contributed by atoms with Gasteiger partial charge in [0.1, 0.15) is 0 Å². The molecule has 1 atom stereocenters. The summed E-state index contributed by atoms with van der Waals surface area (Å²) in [5.41, 5.74) is 7.95. The Labute approximate surface area is 130 Å². The fraction of sp³-hybridized carbons (Fsp3) is 0.562. The van der Waals surface area contributed by atoms with Crippen LogP contribution in [0.3, 0.4) is 0 Å². The smallest absolute Gasteiger partial charge is 0.238 e. The second-order valence-corrected chi connectivity index (χ2v) is 7.62. The van der Waals surface area contributed by atoms with Crippen molar-refractivity contribution in [2.24, 2.45) is 0 Å². The molecule has 0 aromatic heterocycles. The summed E-state index contributed by atoms with van der Waals surface area (Å²) in [7, 11) is 0. The first-order chi connectivity index (χ1) is 10.1. The number of carbonyl (C=O) groups is 1. The minimum atomic E-state index is -0.187. The second kappa shape index (κ2) is 5.79. The van der Waals surface area contributed by atoms with Gasteiger partial charge in [-0.05, 0) is 37.7 Å². The van der Waals surface area contributed by atoms with Crippen LogP contribution >= 0.6 is 11.8 Å². The van der Waals surface area contributed by atoms with Gasteiger partial charge in [0.2, 0.25) is 5.91 Å². The van der Waals surface area contributed by atoms with E-state index in [-0.39, 0.29) is 4.75 Å². The van der Waals surface area contributed by atoms with Crippen LogP contribution in [0.15, 0.2) is 24.3 Å². The number of benzene rings is 1. The second-order valence-electron chi connectivity index (χ2n) is 6.02. The molecule has 5 heteroatoms. The van der Waals surface area contributed by atoms with Crippen LogP contribution in [0.5, 0.6) is 0 Å². The summed E-state index contributed by atoms with van der Waals surface area (Å²) in [6, 6.07) is 7.96. The van der Waals surface area contributed by atoms with Gasteiger partial charge in [-0.15, -0.1) is 11.8 Å². The molecule has 0 bridgehead atoms. The average Bonchev–Trinajstić information content (AvgIpc) is 2.95. The van der Waals surface area contributed by atoms with Crippen LogP contribution in [0.1, 0.15) is 19.8 Å². The van der Waals surface area contributed by atoms with Crippen molar-refractivity contribution in [1.82, 2.24) is 4.90 Å². The van der Waals surface area contributed by atoms with Gasteiger partial charge in [-0.3, -0.25) is 4.79 Å². The third kappa shape index (κ3) is 2.84. The SMILES string of the molecule is CC1(C(=O)N2CCN(c3ccccc3N)CC2)CCCS1. The number of piperazine rings is 1. The Bertz CT molecular complexity index is 520. The lowest BCUT2D eigenvalue weighted by Gasteiger charge is -2.39. The molecule has 1 aromatic carbocycles. The van der Waals surface area contributed by atoms with Crippen LogP contribution in [-0.2, 0) is 4.79 Å². The molecule has 0 saturated carbocycles. The molecular formula is C16H23N3OS. The monoisotopic (exact) mass is 305 g/mol. The number of hydrogen-bond donors (Lipinski definition) is 1. The standard InChI is InChI=1S/C16H23N3OS/c1-16(7-4-12-21-16)15(20)19-10-8-18(9-11-19)14-6-3-2-5-13(14)17/h2-3,5-6H,4,7-12,17H2,1H3. The lowest BCUT2D eigenvalue weighted by Crippen LogP contribution is -2.53. The molecule has 2 aliphatic rings. The van der Waals surface area contributed by atoms with Crippen molar-refractivity contribution in [3.63, 3.8) is 0 Å². The molecule has 1 unspecified atom stereocenters. The van der Waals surface area contributed by atoms with E-state index in [9.17, 15) is 4.79 Å². The molecule has 114 valence electrons. The third-order valence-electron chi connectivity index (χ3n) is 4.52. The van der Waals surface area contributed by atoms with Crippen molar-refractivity contribution < 1.29 is 4.79 Å². The van der Waals surface area contributed by atoms with Crippen molar-refractivity contribution in [2.75, 3.05) is 42.6 Å². The predicted octanol–water partition coefficient (Wildman–Crippen LogP) is 2.20. The zero-order chi connectivity index (χ0) is 14.9. The first kappa shape index (κ1) is 14.6. The van der Waals surface area contributed by atoms with Crippen LogP contribution in [0.25, 0.3) is 0 Å². The molecule has 2 N–H and O–H groups in total. The molecule has 21 heavy (non-hydrogen) atoms. The van der Waals surface area contributed by atoms with E-state index in [1.54, 1.807) is 0 Å². The minimum absolute atomic E-state index is 0.187. The highest BCUT2D eigenvalue weighted by Gasteiger charge is 2.40. The average molecular weight is 305 g/mol. The number of amides is 1. The number of nitrogens with zero attached hydrogens (tertiary/aromatic N) is 2.